The Kier molecular flexibility index (Phi) is 3.34. The molecule has 0 spiro atoms. The first-order chi connectivity index (χ1) is 11.4. The van der Waals surface area contributed by atoms with E-state index in [1.807, 2.05) is 37.3 Å². The van der Waals surface area contributed by atoms with Gasteiger partial charge < -0.3 is 9.84 Å². The summed E-state index contributed by atoms with van der Waals surface area (Å²) >= 11 is 0. The van der Waals surface area contributed by atoms with Crippen LogP contribution in [0, 0.1) is 6.92 Å². The molecule has 2 aromatic carbocycles. The number of alkyl halides is 2. The van der Waals surface area contributed by atoms with Crippen LogP contribution in [0.15, 0.2) is 42.5 Å². The first-order valence-corrected chi connectivity index (χ1v) is 8.36. The van der Waals surface area contributed by atoms with Gasteiger partial charge in [0.25, 0.3) is 5.92 Å². The molecule has 2 aromatic rings. The Balaban J connectivity index is 1.92. The number of benzene rings is 2. The summed E-state index contributed by atoms with van der Waals surface area (Å²) in [7, 11) is 0. The Morgan fingerprint density at radius 2 is 1.83 bits per heavy atom. The number of phenols is 1. The largest absolute Gasteiger partial charge is 0.508 e. The number of phenolic OH excluding ortho intramolecular Hbond substituents is 1. The van der Waals surface area contributed by atoms with Crippen LogP contribution in [0.25, 0.3) is 0 Å². The molecule has 0 aromatic heterocycles. The van der Waals surface area contributed by atoms with Gasteiger partial charge in [-0.05, 0) is 49.1 Å². The molecule has 0 radical (unpaired) electrons. The minimum absolute atomic E-state index is 0.103. The van der Waals surface area contributed by atoms with Gasteiger partial charge in [-0.25, -0.2) is 8.78 Å². The van der Waals surface area contributed by atoms with Crippen molar-refractivity contribution >= 4 is 0 Å². The van der Waals surface area contributed by atoms with E-state index in [4.69, 9.17) is 4.74 Å². The van der Waals surface area contributed by atoms with Crippen LogP contribution in [-0.4, -0.2) is 17.1 Å². The fourth-order valence-electron chi connectivity index (χ4n) is 4.28. The molecule has 1 heterocycles. The van der Waals surface area contributed by atoms with Gasteiger partial charge in [-0.15, -0.1) is 0 Å². The quantitative estimate of drug-likeness (QED) is 0.801. The Labute approximate surface area is 140 Å². The second-order valence-electron chi connectivity index (χ2n) is 7.04. The predicted octanol–water partition coefficient (Wildman–Crippen LogP) is 4.96. The Hall–Kier alpha value is -2.10. The number of fused-ring (bicyclic) bond motifs is 3. The molecule has 126 valence electrons. The van der Waals surface area contributed by atoms with Crippen LogP contribution in [0.4, 0.5) is 8.78 Å². The lowest BCUT2D eigenvalue weighted by Crippen LogP contribution is -2.40. The van der Waals surface area contributed by atoms with Crippen molar-refractivity contribution < 1.29 is 18.6 Å². The van der Waals surface area contributed by atoms with Crippen LogP contribution in [0.3, 0.4) is 0 Å². The average molecular weight is 330 g/mol. The fourth-order valence-corrected chi connectivity index (χ4v) is 4.28. The molecule has 2 atom stereocenters. The first kappa shape index (κ1) is 15.4. The molecule has 1 fully saturated rings. The third kappa shape index (κ3) is 2.27. The summed E-state index contributed by atoms with van der Waals surface area (Å²) in [4.78, 5) is 0. The van der Waals surface area contributed by atoms with Crippen molar-refractivity contribution in [3.8, 4) is 11.5 Å². The number of hydrogen-bond acceptors (Lipinski definition) is 2. The lowest BCUT2D eigenvalue weighted by atomic mass is 9.68. The summed E-state index contributed by atoms with van der Waals surface area (Å²) in [5.74, 6) is -1.82. The molecular formula is C20H20F2O2. The van der Waals surface area contributed by atoms with Gasteiger partial charge in [0.15, 0.2) is 0 Å². The summed E-state index contributed by atoms with van der Waals surface area (Å²) < 4.78 is 34.5. The second-order valence-corrected chi connectivity index (χ2v) is 7.04. The van der Waals surface area contributed by atoms with Crippen LogP contribution in [0.2, 0.25) is 0 Å². The molecule has 4 heteroatoms. The number of halogens is 2. The number of aromatic hydroxyl groups is 1. The Morgan fingerprint density at radius 1 is 1.08 bits per heavy atom. The normalized spacial score (nSPS) is 27.7. The summed E-state index contributed by atoms with van der Waals surface area (Å²) in [6.07, 6.45) is 0.0984. The molecule has 0 bridgehead atoms. The van der Waals surface area contributed by atoms with E-state index in [9.17, 15) is 13.9 Å². The highest BCUT2D eigenvalue weighted by molar-refractivity contribution is 5.54. The van der Waals surface area contributed by atoms with E-state index < -0.39 is 17.4 Å². The maximum atomic E-state index is 14.2. The smallest absolute Gasteiger partial charge is 0.251 e. The fraction of sp³-hybridized carbons (Fsp3) is 0.400. The van der Waals surface area contributed by atoms with Crippen LogP contribution in [0.1, 0.15) is 42.4 Å². The summed E-state index contributed by atoms with van der Waals surface area (Å²) in [6, 6.07) is 12.9. The molecule has 2 nitrogen and oxygen atoms in total. The third-order valence-electron chi connectivity index (χ3n) is 5.42. The van der Waals surface area contributed by atoms with Gasteiger partial charge >= 0.3 is 0 Å². The number of rotatable bonds is 1. The maximum Gasteiger partial charge on any atom is 0.251 e. The average Bonchev–Trinajstić information content (AvgIpc) is 2.72. The molecule has 1 saturated carbocycles. The van der Waals surface area contributed by atoms with Crippen molar-refractivity contribution in [3.05, 3.63) is 59.2 Å². The van der Waals surface area contributed by atoms with Crippen LogP contribution in [0.5, 0.6) is 11.5 Å². The molecule has 1 N–H and O–H groups in total. The van der Waals surface area contributed by atoms with E-state index in [-0.39, 0.29) is 18.6 Å². The minimum Gasteiger partial charge on any atom is -0.508 e. The molecule has 1 aliphatic heterocycles. The molecule has 24 heavy (non-hydrogen) atoms. The number of aryl methyl sites for hydroxylation is 1. The highest BCUT2D eigenvalue weighted by Gasteiger charge is 2.55. The van der Waals surface area contributed by atoms with Gasteiger partial charge in [-0.3, -0.25) is 0 Å². The molecule has 1 aliphatic carbocycles. The Morgan fingerprint density at radius 3 is 2.58 bits per heavy atom. The van der Waals surface area contributed by atoms with Gasteiger partial charge in [-0.2, -0.15) is 0 Å². The van der Waals surface area contributed by atoms with E-state index in [1.54, 1.807) is 12.1 Å². The van der Waals surface area contributed by atoms with E-state index >= 15 is 0 Å². The number of ether oxygens (including phenoxy) is 1. The van der Waals surface area contributed by atoms with Gasteiger partial charge in [0.05, 0.1) is 5.41 Å². The zero-order valence-electron chi connectivity index (χ0n) is 13.6. The van der Waals surface area contributed by atoms with Crippen molar-refractivity contribution in [2.75, 3.05) is 0 Å². The lowest BCUT2D eigenvalue weighted by Gasteiger charge is -2.34. The van der Waals surface area contributed by atoms with Crippen molar-refractivity contribution in [2.45, 2.75) is 50.0 Å². The van der Waals surface area contributed by atoms with Crippen molar-refractivity contribution in [1.82, 2.24) is 0 Å². The second kappa shape index (κ2) is 5.20. The zero-order chi connectivity index (χ0) is 16.9. The monoisotopic (exact) mass is 330 g/mol. The van der Waals surface area contributed by atoms with Crippen molar-refractivity contribution in [2.24, 2.45) is 0 Å². The highest BCUT2D eigenvalue weighted by Crippen LogP contribution is 2.55. The van der Waals surface area contributed by atoms with Crippen LogP contribution < -0.4 is 4.74 Å². The van der Waals surface area contributed by atoms with E-state index in [0.29, 0.717) is 18.6 Å². The summed E-state index contributed by atoms with van der Waals surface area (Å²) in [5, 5.41) is 9.61. The summed E-state index contributed by atoms with van der Waals surface area (Å²) in [5.41, 5.74) is 2.40. The number of hydrogen-bond donors (Lipinski definition) is 1. The first-order valence-electron chi connectivity index (χ1n) is 8.36. The minimum atomic E-state index is -2.71. The van der Waals surface area contributed by atoms with Crippen molar-refractivity contribution in [3.63, 3.8) is 0 Å². The predicted molar refractivity (Wildman–Crippen MR) is 87.9 cm³/mol. The molecular weight excluding hydrogens is 310 g/mol. The molecule has 2 unspecified atom stereocenters. The SMILES string of the molecule is Cc1ccc2c(c1)OC1CC(F)(F)CCCC21c1ccc(O)cc1. The van der Waals surface area contributed by atoms with Gasteiger partial charge in [0.2, 0.25) is 0 Å². The maximum absolute atomic E-state index is 14.2. The topological polar surface area (TPSA) is 29.5 Å². The highest BCUT2D eigenvalue weighted by atomic mass is 19.3. The van der Waals surface area contributed by atoms with Crippen LogP contribution in [-0.2, 0) is 5.41 Å². The standard InChI is InChI=1S/C20H20F2O2/c1-13-3-8-16-17(11-13)24-18-12-19(21,22)9-2-10-20(16,18)14-4-6-15(23)7-5-14/h3-8,11,18,23H,2,9-10,12H2,1H3. The van der Waals surface area contributed by atoms with E-state index in [1.165, 1.54) is 0 Å². The zero-order valence-corrected chi connectivity index (χ0v) is 13.6. The van der Waals surface area contributed by atoms with Crippen molar-refractivity contribution in [1.29, 1.82) is 0 Å². The Bertz CT molecular complexity index is 770. The lowest BCUT2D eigenvalue weighted by molar-refractivity contribution is -0.0402. The van der Waals surface area contributed by atoms with Crippen LogP contribution >= 0.6 is 0 Å². The van der Waals surface area contributed by atoms with E-state index in [0.717, 1.165) is 16.7 Å². The van der Waals surface area contributed by atoms with Gasteiger partial charge in [-0.1, -0.05) is 24.3 Å². The molecule has 0 saturated heterocycles. The third-order valence-corrected chi connectivity index (χ3v) is 5.42. The van der Waals surface area contributed by atoms with Gasteiger partial charge in [0, 0.05) is 18.4 Å². The molecule has 0 amide bonds. The summed E-state index contributed by atoms with van der Waals surface area (Å²) in [6.45, 7) is 1.97. The molecule has 2 aliphatic rings. The van der Waals surface area contributed by atoms with E-state index in [2.05, 4.69) is 0 Å². The molecule has 4 rings (SSSR count). The van der Waals surface area contributed by atoms with Gasteiger partial charge in [0.1, 0.15) is 17.6 Å².